The molecule has 0 atom stereocenters. The molecule has 0 saturated heterocycles. The van der Waals surface area contributed by atoms with E-state index in [0.717, 1.165) is 12.1 Å². The smallest absolute Gasteiger partial charge is 0.181 e. The summed E-state index contributed by atoms with van der Waals surface area (Å²) < 4.78 is 0. The standard InChI is InChI=1S/C9H12N2O/c1-9(2)3-6-8(7(12)4-9)11-5-10-6/h5H,3-4H2,1-2H3,(H,10,11). The van der Waals surface area contributed by atoms with Crippen molar-refractivity contribution >= 4 is 5.78 Å². The Morgan fingerprint density at radius 3 is 3.00 bits per heavy atom. The van der Waals surface area contributed by atoms with Crippen LogP contribution in [-0.2, 0) is 6.42 Å². The number of nitrogens with one attached hydrogen (secondary N) is 1. The third-order valence-electron chi connectivity index (χ3n) is 2.28. The molecule has 0 saturated carbocycles. The van der Waals surface area contributed by atoms with Gasteiger partial charge in [-0.15, -0.1) is 0 Å². The first-order valence-electron chi connectivity index (χ1n) is 4.14. The molecule has 2 rings (SSSR count). The molecule has 0 fully saturated rings. The molecule has 3 nitrogen and oxygen atoms in total. The molecule has 0 unspecified atom stereocenters. The van der Waals surface area contributed by atoms with Crippen molar-refractivity contribution in [3.05, 3.63) is 17.7 Å². The number of ketones is 1. The van der Waals surface area contributed by atoms with Crippen molar-refractivity contribution in [2.75, 3.05) is 0 Å². The lowest BCUT2D eigenvalue weighted by molar-refractivity contribution is 0.0906. The maximum atomic E-state index is 11.5. The number of imidazole rings is 1. The first-order valence-corrected chi connectivity index (χ1v) is 4.14. The number of carbonyl (C=O) groups excluding carboxylic acids is 1. The van der Waals surface area contributed by atoms with Crippen LogP contribution < -0.4 is 0 Å². The summed E-state index contributed by atoms with van der Waals surface area (Å²) in [7, 11) is 0. The number of H-pyrrole nitrogens is 1. The minimum atomic E-state index is 0.0826. The van der Waals surface area contributed by atoms with E-state index < -0.39 is 0 Å². The Hall–Kier alpha value is -1.12. The molecule has 0 aromatic carbocycles. The topological polar surface area (TPSA) is 45.8 Å². The minimum absolute atomic E-state index is 0.0826. The van der Waals surface area contributed by atoms with E-state index >= 15 is 0 Å². The number of aromatic nitrogens is 2. The van der Waals surface area contributed by atoms with Crippen LogP contribution >= 0.6 is 0 Å². The maximum absolute atomic E-state index is 11.5. The summed E-state index contributed by atoms with van der Waals surface area (Å²) in [6.07, 6.45) is 3.13. The highest BCUT2D eigenvalue weighted by Crippen LogP contribution is 2.32. The Bertz CT molecular complexity index is 325. The fraction of sp³-hybridized carbons (Fsp3) is 0.556. The SMILES string of the molecule is CC1(C)CC(=O)c2[nH]cnc2C1. The molecule has 0 bridgehead atoms. The van der Waals surface area contributed by atoms with E-state index in [0.29, 0.717) is 12.1 Å². The summed E-state index contributed by atoms with van der Waals surface area (Å²) in [5.41, 5.74) is 1.73. The molecular weight excluding hydrogens is 152 g/mol. The normalized spacial score (nSPS) is 20.7. The number of nitrogens with zero attached hydrogens (tertiary/aromatic N) is 1. The van der Waals surface area contributed by atoms with E-state index in [9.17, 15) is 4.79 Å². The van der Waals surface area contributed by atoms with Crippen LogP contribution in [-0.4, -0.2) is 15.8 Å². The van der Waals surface area contributed by atoms with E-state index in [1.807, 2.05) is 0 Å². The molecule has 1 N–H and O–H groups in total. The van der Waals surface area contributed by atoms with Crippen LogP contribution in [0.2, 0.25) is 0 Å². The number of fused-ring (bicyclic) bond motifs is 1. The van der Waals surface area contributed by atoms with Gasteiger partial charge in [0, 0.05) is 6.42 Å². The number of Topliss-reactive ketones (excluding diaryl/α,β-unsaturated/α-hetero) is 1. The minimum Gasteiger partial charge on any atom is -0.342 e. The molecule has 0 spiro atoms. The second kappa shape index (κ2) is 2.19. The largest absolute Gasteiger partial charge is 0.342 e. The highest BCUT2D eigenvalue weighted by molar-refractivity contribution is 5.96. The zero-order valence-electron chi connectivity index (χ0n) is 7.35. The highest BCUT2D eigenvalue weighted by atomic mass is 16.1. The molecule has 1 aromatic rings. The number of hydrogen-bond donors (Lipinski definition) is 1. The Morgan fingerprint density at radius 1 is 1.50 bits per heavy atom. The second-order valence-corrected chi connectivity index (χ2v) is 4.17. The first kappa shape index (κ1) is 7.53. The van der Waals surface area contributed by atoms with Crippen molar-refractivity contribution in [1.82, 2.24) is 9.97 Å². The number of aromatic amines is 1. The molecule has 1 heterocycles. The summed E-state index contributed by atoms with van der Waals surface area (Å²) in [6.45, 7) is 4.20. The first-order chi connectivity index (χ1) is 5.58. The van der Waals surface area contributed by atoms with Crippen LogP contribution in [0, 0.1) is 5.41 Å². The Balaban J connectivity index is 2.45. The van der Waals surface area contributed by atoms with Gasteiger partial charge < -0.3 is 4.98 Å². The summed E-state index contributed by atoms with van der Waals surface area (Å²) >= 11 is 0. The lowest BCUT2D eigenvalue weighted by Gasteiger charge is -2.26. The van der Waals surface area contributed by atoms with E-state index in [1.165, 1.54) is 0 Å². The Labute approximate surface area is 71.2 Å². The third-order valence-corrected chi connectivity index (χ3v) is 2.28. The Morgan fingerprint density at radius 2 is 2.25 bits per heavy atom. The predicted molar refractivity (Wildman–Crippen MR) is 45.0 cm³/mol. The number of rotatable bonds is 0. The average molecular weight is 164 g/mol. The number of carbonyl (C=O) groups is 1. The predicted octanol–water partition coefficient (Wildman–Crippen LogP) is 1.56. The van der Waals surface area contributed by atoms with E-state index in [-0.39, 0.29) is 11.2 Å². The summed E-state index contributed by atoms with van der Waals surface area (Å²) in [5, 5.41) is 0. The molecule has 12 heavy (non-hydrogen) atoms. The van der Waals surface area contributed by atoms with Crippen molar-refractivity contribution in [2.24, 2.45) is 5.41 Å². The van der Waals surface area contributed by atoms with Gasteiger partial charge in [0.25, 0.3) is 0 Å². The van der Waals surface area contributed by atoms with Crippen LogP contribution in [0.5, 0.6) is 0 Å². The van der Waals surface area contributed by atoms with Crippen molar-refractivity contribution in [2.45, 2.75) is 26.7 Å². The summed E-state index contributed by atoms with van der Waals surface area (Å²) in [5.74, 6) is 0.193. The summed E-state index contributed by atoms with van der Waals surface area (Å²) in [4.78, 5) is 18.5. The zero-order valence-corrected chi connectivity index (χ0v) is 7.35. The van der Waals surface area contributed by atoms with Crippen LogP contribution in [0.4, 0.5) is 0 Å². The highest BCUT2D eigenvalue weighted by Gasteiger charge is 2.32. The molecule has 0 radical (unpaired) electrons. The summed E-state index contributed by atoms with van der Waals surface area (Å²) in [6, 6.07) is 0. The number of hydrogen-bond acceptors (Lipinski definition) is 2. The van der Waals surface area contributed by atoms with Gasteiger partial charge in [0.2, 0.25) is 0 Å². The molecule has 3 heteroatoms. The molecule has 1 aliphatic carbocycles. The van der Waals surface area contributed by atoms with E-state index in [1.54, 1.807) is 6.33 Å². The van der Waals surface area contributed by atoms with E-state index in [4.69, 9.17) is 0 Å². The molecule has 64 valence electrons. The quantitative estimate of drug-likeness (QED) is 0.632. The van der Waals surface area contributed by atoms with Gasteiger partial charge in [0.05, 0.1) is 12.0 Å². The Kier molecular flexibility index (Phi) is 1.37. The fourth-order valence-corrected chi connectivity index (χ4v) is 1.74. The monoisotopic (exact) mass is 164 g/mol. The third kappa shape index (κ3) is 1.05. The fourth-order valence-electron chi connectivity index (χ4n) is 1.74. The van der Waals surface area contributed by atoms with Gasteiger partial charge in [0.15, 0.2) is 5.78 Å². The van der Waals surface area contributed by atoms with Crippen LogP contribution in [0.3, 0.4) is 0 Å². The molecule has 0 aliphatic heterocycles. The zero-order chi connectivity index (χ0) is 8.77. The second-order valence-electron chi connectivity index (χ2n) is 4.17. The molecule has 0 amide bonds. The van der Waals surface area contributed by atoms with Gasteiger partial charge in [-0.3, -0.25) is 4.79 Å². The molecule has 1 aliphatic rings. The van der Waals surface area contributed by atoms with Crippen LogP contribution in [0.1, 0.15) is 36.5 Å². The van der Waals surface area contributed by atoms with Crippen molar-refractivity contribution in [3.8, 4) is 0 Å². The van der Waals surface area contributed by atoms with Crippen molar-refractivity contribution < 1.29 is 4.79 Å². The van der Waals surface area contributed by atoms with Crippen LogP contribution in [0.25, 0.3) is 0 Å². The van der Waals surface area contributed by atoms with Gasteiger partial charge in [-0.2, -0.15) is 0 Å². The maximum Gasteiger partial charge on any atom is 0.181 e. The van der Waals surface area contributed by atoms with Crippen molar-refractivity contribution in [3.63, 3.8) is 0 Å². The van der Waals surface area contributed by atoms with Gasteiger partial charge in [0.1, 0.15) is 5.69 Å². The van der Waals surface area contributed by atoms with E-state index in [2.05, 4.69) is 23.8 Å². The molecule has 1 aromatic heterocycles. The van der Waals surface area contributed by atoms with Gasteiger partial charge in [-0.05, 0) is 11.8 Å². The van der Waals surface area contributed by atoms with Gasteiger partial charge >= 0.3 is 0 Å². The van der Waals surface area contributed by atoms with Gasteiger partial charge in [-0.25, -0.2) is 4.98 Å². The molecular formula is C9H12N2O. The van der Waals surface area contributed by atoms with Crippen LogP contribution in [0.15, 0.2) is 6.33 Å². The average Bonchev–Trinajstić information content (AvgIpc) is 2.31. The lowest BCUT2D eigenvalue weighted by atomic mass is 9.77. The lowest BCUT2D eigenvalue weighted by Crippen LogP contribution is -2.26. The van der Waals surface area contributed by atoms with Crippen molar-refractivity contribution in [1.29, 1.82) is 0 Å². The van der Waals surface area contributed by atoms with Gasteiger partial charge in [-0.1, -0.05) is 13.8 Å².